The molecule has 4 nitrogen and oxygen atoms in total. The summed E-state index contributed by atoms with van der Waals surface area (Å²) in [5.74, 6) is 0.416. The number of fused-ring (bicyclic) bond motifs is 1. The van der Waals surface area contributed by atoms with Crippen LogP contribution in [0.1, 0.15) is 46.6 Å². The summed E-state index contributed by atoms with van der Waals surface area (Å²) in [4.78, 5) is 7.03. The molecule has 0 atom stereocenters. The lowest BCUT2D eigenvalue weighted by atomic mass is 9.90. The first kappa shape index (κ1) is 27.6. The Morgan fingerprint density at radius 1 is 0.974 bits per heavy atom. The monoisotopic (exact) mass is 520 g/mol. The van der Waals surface area contributed by atoms with Crippen molar-refractivity contribution in [3.05, 3.63) is 107 Å². The molecule has 38 heavy (non-hydrogen) atoms. The third kappa shape index (κ3) is 6.91. The molecule has 0 amide bonds. The molecule has 2 aromatic carbocycles. The van der Waals surface area contributed by atoms with E-state index in [1.165, 1.54) is 23.3 Å². The van der Waals surface area contributed by atoms with E-state index < -0.39 is 11.7 Å². The molecular formula is C31H35F3N4. The van der Waals surface area contributed by atoms with Gasteiger partial charge in [-0.3, -0.25) is 4.90 Å². The Balaban J connectivity index is 0.00000107. The normalized spacial score (nSPS) is 14.8. The molecule has 200 valence electrons. The number of piperidine rings is 1. The van der Waals surface area contributed by atoms with E-state index in [0.717, 1.165) is 55.1 Å². The van der Waals surface area contributed by atoms with E-state index in [9.17, 15) is 13.2 Å². The summed E-state index contributed by atoms with van der Waals surface area (Å²) in [6.45, 7) is 6.84. The number of likely N-dealkylation sites (tertiary alicyclic amines) is 1. The number of nitrogens with one attached hydrogen (secondary N) is 1. The number of rotatable bonds is 6. The van der Waals surface area contributed by atoms with Crippen LogP contribution in [0.3, 0.4) is 0 Å². The molecule has 1 fully saturated rings. The lowest BCUT2D eigenvalue weighted by Crippen LogP contribution is -2.32. The van der Waals surface area contributed by atoms with Crippen LogP contribution < -0.4 is 5.32 Å². The summed E-state index contributed by atoms with van der Waals surface area (Å²) in [5.41, 5.74) is 4.67. The van der Waals surface area contributed by atoms with Crippen molar-refractivity contribution >= 4 is 17.1 Å². The highest BCUT2D eigenvalue weighted by atomic mass is 19.4. The number of hydrogen-bond acceptors (Lipinski definition) is 3. The van der Waals surface area contributed by atoms with E-state index in [1.54, 1.807) is 6.07 Å². The van der Waals surface area contributed by atoms with Crippen LogP contribution in [0.5, 0.6) is 0 Å². The largest absolute Gasteiger partial charge is 0.416 e. The summed E-state index contributed by atoms with van der Waals surface area (Å²) in [6.07, 6.45) is 3.57. The Morgan fingerprint density at radius 3 is 2.34 bits per heavy atom. The van der Waals surface area contributed by atoms with Crippen LogP contribution in [-0.2, 0) is 19.3 Å². The molecule has 1 aliphatic heterocycles. The highest BCUT2D eigenvalue weighted by molar-refractivity contribution is 5.77. The number of benzene rings is 2. The second kappa shape index (κ2) is 12.4. The fraction of sp³-hybridized carbons (Fsp3) is 0.323. The minimum atomic E-state index is -4.30. The van der Waals surface area contributed by atoms with E-state index in [1.807, 2.05) is 26.4 Å². The van der Waals surface area contributed by atoms with Crippen molar-refractivity contribution in [3.8, 4) is 0 Å². The SMILES string of the molecule is C=Cc1ccc(Cn2ccc3cc(C4CCN(Cc5cccc(C(F)(F)F)c5)CC4)cnc32)cc1.CNC. The molecule has 0 unspecified atom stereocenters. The molecule has 0 spiro atoms. The highest BCUT2D eigenvalue weighted by Gasteiger charge is 2.30. The second-order valence-corrected chi connectivity index (χ2v) is 9.82. The Morgan fingerprint density at radius 2 is 1.68 bits per heavy atom. The van der Waals surface area contributed by atoms with Gasteiger partial charge in [0.25, 0.3) is 0 Å². The predicted molar refractivity (Wildman–Crippen MR) is 149 cm³/mol. The molecule has 1 saturated heterocycles. The van der Waals surface area contributed by atoms with Crippen LogP contribution in [0.4, 0.5) is 13.2 Å². The van der Waals surface area contributed by atoms with Crippen LogP contribution in [0.25, 0.3) is 17.1 Å². The Bertz CT molecular complexity index is 1330. The topological polar surface area (TPSA) is 33.1 Å². The molecule has 2 aromatic heterocycles. The fourth-order valence-corrected chi connectivity index (χ4v) is 4.93. The molecule has 0 radical (unpaired) electrons. The maximum Gasteiger partial charge on any atom is 0.416 e. The summed E-state index contributed by atoms with van der Waals surface area (Å²) in [6, 6.07) is 18.4. The third-order valence-electron chi connectivity index (χ3n) is 6.91. The van der Waals surface area contributed by atoms with Gasteiger partial charge in [0, 0.05) is 30.9 Å². The van der Waals surface area contributed by atoms with Gasteiger partial charge >= 0.3 is 6.18 Å². The maximum atomic E-state index is 13.0. The number of nitrogens with zero attached hydrogens (tertiary/aromatic N) is 3. The van der Waals surface area contributed by atoms with Crippen LogP contribution in [0.2, 0.25) is 0 Å². The van der Waals surface area contributed by atoms with Gasteiger partial charge in [0.15, 0.2) is 0 Å². The van der Waals surface area contributed by atoms with Gasteiger partial charge in [-0.15, -0.1) is 0 Å². The van der Waals surface area contributed by atoms with Gasteiger partial charge in [-0.2, -0.15) is 13.2 Å². The van der Waals surface area contributed by atoms with Crippen molar-refractivity contribution in [1.82, 2.24) is 19.8 Å². The zero-order chi connectivity index (χ0) is 27.1. The van der Waals surface area contributed by atoms with Gasteiger partial charge in [0.1, 0.15) is 5.65 Å². The molecular weight excluding hydrogens is 485 g/mol. The predicted octanol–water partition coefficient (Wildman–Crippen LogP) is 6.96. The van der Waals surface area contributed by atoms with Crippen LogP contribution in [-0.4, -0.2) is 41.6 Å². The van der Waals surface area contributed by atoms with Gasteiger partial charge in [0.2, 0.25) is 0 Å². The van der Waals surface area contributed by atoms with Crippen molar-refractivity contribution in [3.63, 3.8) is 0 Å². The first-order valence-corrected chi connectivity index (χ1v) is 12.9. The first-order valence-electron chi connectivity index (χ1n) is 12.9. The van der Waals surface area contributed by atoms with E-state index in [0.29, 0.717) is 18.0 Å². The van der Waals surface area contributed by atoms with Crippen molar-refractivity contribution in [2.45, 2.75) is 38.0 Å². The summed E-state index contributed by atoms with van der Waals surface area (Å²) >= 11 is 0. The molecule has 1 N–H and O–H groups in total. The smallest absolute Gasteiger partial charge is 0.328 e. The van der Waals surface area contributed by atoms with Crippen LogP contribution in [0.15, 0.2) is 79.6 Å². The molecule has 1 aliphatic rings. The number of pyridine rings is 1. The van der Waals surface area contributed by atoms with Gasteiger partial charge in [-0.25, -0.2) is 4.98 Å². The number of alkyl halides is 3. The Hall–Kier alpha value is -3.42. The maximum absolute atomic E-state index is 13.0. The van der Waals surface area contributed by atoms with Crippen molar-refractivity contribution < 1.29 is 13.2 Å². The van der Waals surface area contributed by atoms with Gasteiger partial charge in [0.05, 0.1) is 5.56 Å². The Kier molecular flexibility index (Phi) is 9.02. The van der Waals surface area contributed by atoms with Crippen LogP contribution in [0, 0.1) is 0 Å². The van der Waals surface area contributed by atoms with Crippen molar-refractivity contribution in [2.75, 3.05) is 27.2 Å². The zero-order valence-corrected chi connectivity index (χ0v) is 22.0. The average Bonchev–Trinajstić information content (AvgIpc) is 3.31. The molecule has 7 heteroatoms. The highest BCUT2D eigenvalue weighted by Crippen LogP contribution is 2.32. The van der Waals surface area contributed by atoms with E-state index in [-0.39, 0.29) is 0 Å². The second-order valence-electron chi connectivity index (χ2n) is 9.82. The summed E-state index contributed by atoms with van der Waals surface area (Å²) in [5, 5.41) is 3.89. The van der Waals surface area contributed by atoms with E-state index >= 15 is 0 Å². The van der Waals surface area contributed by atoms with Gasteiger partial charge in [-0.05, 0) is 86.4 Å². The standard InChI is InChI=1S/C29H28F3N3.C2H7N/c1-2-21-6-8-22(9-7-21)20-35-15-12-25-17-26(18-33-28(25)35)24-10-13-34(14-11-24)19-23-4-3-5-27(16-23)29(30,31)32;1-3-2/h2-9,12,15-18,24H,1,10-11,13-14,19-20H2;3H,1-2H3. The zero-order valence-electron chi connectivity index (χ0n) is 22.0. The van der Waals surface area contributed by atoms with Crippen molar-refractivity contribution in [1.29, 1.82) is 0 Å². The van der Waals surface area contributed by atoms with E-state index in [4.69, 9.17) is 4.98 Å². The summed E-state index contributed by atoms with van der Waals surface area (Å²) in [7, 11) is 3.75. The van der Waals surface area contributed by atoms with Crippen molar-refractivity contribution in [2.24, 2.45) is 0 Å². The minimum absolute atomic E-state index is 0.416. The van der Waals surface area contributed by atoms with E-state index in [2.05, 4.69) is 64.0 Å². The molecule has 5 rings (SSSR count). The lowest BCUT2D eigenvalue weighted by Gasteiger charge is -2.32. The number of halogens is 3. The van der Waals surface area contributed by atoms with Gasteiger partial charge < -0.3 is 9.88 Å². The third-order valence-corrected chi connectivity index (χ3v) is 6.91. The lowest BCUT2D eigenvalue weighted by molar-refractivity contribution is -0.137. The average molecular weight is 521 g/mol. The molecule has 0 aliphatic carbocycles. The van der Waals surface area contributed by atoms with Crippen LogP contribution >= 0.6 is 0 Å². The number of aromatic nitrogens is 2. The molecule has 3 heterocycles. The molecule has 4 aromatic rings. The molecule has 0 saturated carbocycles. The minimum Gasteiger partial charge on any atom is -0.328 e. The first-order chi connectivity index (χ1) is 18.3. The number of hydrogen-bond donors (Lipinski definition) is 1. The summed E-state index contributed by atoms with van der Waals surface area (Å²) < 4.78 is 41.2. The Labute approximate surface area is 222 Å². The fourth-order valence-electron chi connectivity index (χ4n) is 4.93. The quantitative estimate of drug-likeness (QED) is 0.298. The molecule has 0 bridgehead atoms. The van der Waals surface area contributed by atoms with Gasteiger partial charge in [-0.1, -0.05) is 55.1 Å².